The van der Waals surface area contributed by atoms with Crippen LogP contribution in [-0.4, -0.2) is 22.1 Å². The van der Waals surface area contributed by atoms with E-state index in [-0.39, 0.29) is 0 Å². The molecule has 0 bridgehead atoms. The van der Waals surface area contributed by atoms with E-state index in [4.69, 9.17) is 0 Å². The Balaban J connectivity index is 0.000000171. The van der Waals surface area contributed by atoms with E-state index in [2.05, 4.69) is 64.0 Å². The van der Waals surface area contributed by atoms with Gasteiger partial charge in [-0.1, -0.05) is 84.9 Å². The number of benzene rings is 3. The molecule has 3 aromatic carbocycles. The van der Waals surface area contributed by atoms with Crippen molar-refractivity contribution in [2.75, 3.05) is 5.88 Å². The summed E-state index contributed by atoms with van der Waals surface area (Å²) in [6.45, 7) is 0. The van der Waals surface area contributed by atoms with Crippen LogP contribution in [0.4, 0.5) is 0 Å². The minimum absolute atomic E-state index is 0.869. The molecule has 1 aromatic heterocycles. The number of hydrogen-bond acceptors (Lipinski definition) is 4. The largest absolute Gasteiger partial charge is 0.256 e. The van der Waals surface area contributed by atoms with Gasteiger partial charge in [-0.25, -0.2) is 0 Å². The van der Waals surface area contributed by atoms with E-state index in [1.807, 2.05) is 66.0 Å². The number of hydrazone groups is 1. The number of rotatable bonds is 3. The summed E-state index contributed by atoms with van der Waals surface area (Å²) in [6, 6.07) is 32.6. The van der Waals surface area contributed by atoms with E-state index in [9.17, 15) is 0 Å². The highest BCUT2D eigenvalue weighted by molar-refractivity contribution is 8.02. The van der Waals surface area contributed by atoms with Crippen LogP contribution < -0.4 is 0 Å². The van der Waals surface area contributed by atoms with E-state index in [1.165, 1.54) is 10.9 Å². The van der Waals surface area contributed by atoms with Crippen LogP contribution in [0.15, 0.2) is 114 Å². The normalized spacial score (nSPS) is 13.2. The van der Waals surface area contributed by atoms with Gasteiger partial charge in [-0.05, 0) is 23.1 Å². The lowest BCUT2D eigenvalue weighted by Crippen LogP contribution is -2.11. The molecule has 3 nitrogen and oxygen atoms in total. The molecule has 0 atom stereocenters. The van der Waals surface area contributed by atoms with E-state index in [0.29, 0.717) is 0 Å². The van der Waals surface area contributed by atoms with Gasteiger partial charge in [0.2, 0.25) is 0 Å². The summed E-state index contributed by atoms with van der Waals surface area (Å²) >= 11 is 1.77. The Kier molecular flexibility index (Phi) is 6.35. The third-order valence-corrected chi connectivity index (χ3v) is 5.18. The Labute approximate surface area is 175 Å². The molecule has 0 aliphatic carbocycles. The van der Waals surface area contributed by atoms with Crippen molar-refractivity contribution in [2.24, 2.45) is 5.10 Å². The van der Waals surface area contributed by atoms with Crippen LogP contribution in [0.2, 0.25) is 0 Å². The number of hydrogen-bond donors (Lipinski definition) is 0. The number of para-hydroxylation sites is 1. The maximum atomic E-state index is 4.57. The zero-order valence-corrected chi connectivity index (χ0v) is 16.7. The van der Waals surface area contributed by atoms with Gasteiger partial charge in [-0.15, -0.1) is 11.8 Å². The summed E-state index contributed by atoms with van der Waals surface area (Å²) in [5, 5.41) is 9.97. The molecule has 0 saturated heterocycles. The Morgan fingerprint density at radius 2 is 1.48 bits per heavy atom. The second kappa shape index (κ2) is 9.71. The van der Waals surface area contributed by atoms with Crippen molar-refractivity contribution in [2.45, 2.75) is 0 Å². The summed E-state index contributed by atoms with van der Waals surface area (Å²) < 4.78 is 0. The lowest BCUT2D eigenvalue weighted by atomic mass is 10.2. The van der Waals surface area contributed by atoms with Crippen molar-refractivity contribution in [1.29, 1.82) is 0 Å². The van der Waals surface area contributed by atoms with Crippen LogP contribution in [0.5, 0.6) is 0 Å². The Morgan fingerprint density at radius 3 is 2.28 bits per heavy atom. The van der Waals surface area contributed by atoms with Gasteiger partial charge in [-0.3, -0.25) is 9.99 Å². The SMILES string of the molecule is C(=NN1CSC=C1c1ccccc1)c1ccccc1.c1ccc2ncccc2c1. The Bertz CT molecular complexity index is 1040. The molecule has 0 saturated carbocycles. The van der Waals surface area contributed by atoms with Gasteiger partial charge in [-0.2, -0.15) is 5.10 Å². The van der Waals surface area contributed by atoms with Crippen molar-refractivity contribution < 1.29 is 0 Å². The highest BCUT2D eigenvalue weighted by atomic mass is 32.2. The smallest absolute Gasteiger partial charge is 0.0911 e. The second-order valence-corrected chi connectivity index (χ2v) is 7.24. The van der Waals surface area contributed by atoms with Gasteiger partial charge in [0.25, 0.3) is 0 Å². The zero-order chi connectivity index (χ0) is 19.7. The lowest BCUT2D eigenvalue weighted by molar-refractivity contribution is 0.507. The number of nitrogens with zero attached hydrogens (tertiary/aromatic N) is 3. The molecule has 0 unspecified atom stereocenters. The fraction of sp³-hybridized carbons (Fsp3) is 0.0400. The first kappa shape index (κ1) is 19.0. The van der Waals surface area contributed by atoms with Crippen molar-refractivity contribution in [3.8, 4) is 0 Å². The second-order valence-electron chi connectivity index (χ2n) is 6.42. The predicted molar refractivity (Wildman–Crippen MR) is 124 cm³/mol. The minimum atomic E-state index is 0.869. The maximum absolute atomic E-state index is 4.57. The number of thioether (sulfide) groups is 1. The molecule has 2 heterocycles. The average molecular weight is 396 g/mol. The maximum Gasteiger partial charge on any atom is 0.0911 e. The minimum Gasteiger partial charge on any atom is -0.256 e. The lowest BCUT2D eigenvalue weighted by Gasteiger charge is -2.15. The van der Waals surface area contributed by atoms with E-state index in [1.54, 1.807) is 11.8 Å². The highest BCUT2D eigenvalue weighted by Crippen LogP contribution is 2.30. The van der Waals surface area contributed by atoms with Gasteiger partial charge in [0.1, 0.15) is 0 Å². The van der Waals surface area contributed by atoms with Crippen molar-refractivity contribution in [3.63, 3.8) is 0 Å². The topological polar surface area (TPSA) is 28.5 Å². The Hall–Kier alpha value is -3.37. The molecule has 0 radical (unpaired) electrons. The third-order valence-electron chi connectivity index (χ3n) is 4.40. The molecule has 0 spiro atoms. The van der Waals surface area contributed by atoms with Crippen molar-refractivity contribution in [1.82, 2.24) is 9.99 Å². The molecule has 5 rings (SSSR count). The molecule has 1 aliphatic heterocycles. The standard InChI is InChI=1S/C16H14N2S.C9H7N/c1-3-7-14(8-4-1)11-17-18-13-19-12-16(18)15-9-5-2-6-10-15;1-2-6-9-8(4-1)5-3-7-10-9/h1-12H,13H2;1-7H. The molecule has 0 fully saturated rings. The highest BCUT2D eigenvalue weighted by Gasteiger charge is 2.15. The van der Waals surface area contributed by atoms with E-state index >= 15 is 0 Å². The van der Waals surface area contributed by atoms with Gasteiger partial charge in [0, 0.05) is 17.1 Å². The Morgan fingerprint density at radius 1 is 0.793 bits per heavy atom. The molecule has 4 heteroatoms. The van der Waals surface area contributed by atoms with Gasteiger partial charge in [0.05, 0.1) is 23.3 Å². The van der Waals surface area contributed by atoms with E-state index < -0.39 is 0 Å². The first-order chi connectivity index (χ1) is 14.4. The summed E-state index contributed by atoms with van der Waals surface area (Å²) in [5.41, 5.74) is 4.55. The van der Waals surface area contributed by atoms with Crippen LogP contribution in [-0.2, 0) is 0 Å². The molecular formula is C25H21N3S. The van der Waals surface area contributed by atoms with Gasteiger partial charge < -0.3 is 0 Å². The first-order valence-corrected chi connectivity index (χ1v) is 10.5. The molecule has 0 amide bonds. The monoisotopic (exact) mass is 395 g/mol. The zero-order valence-electron chi connectivity index (χ0n) is 15.9. The molecular weight excluding hydrogens is 374 g/mol. The van der Waals surface area contributed by atoms with Crippen LogP contribution in [0.1, 0.15) is 11.1 Å². The summed E-state index contributed by atoms with van der Waals surface area (Å²) in [5.74, 6) is 0.869. The predicted octanol–water partition coefficient (Wildman–Crippen LogP) is 6.26. The summed E-state index contributed by atoms with van der Waals surface area (Å²) in [7, 11) is 0. The molecule has 29 heavy (non-hydrogen) atoms. The first-order valence-electron chi connectivity index (χ1n) is 9.44. The average Bonchev–Trinajstić information content (AvgIpc) is 3.28. The number of aromatic nitrogens is 1. The van der Waals surface area contributed by atoms with Crippen molar-refractivity contribution in [3.05, 3.63) is 120 Å². The fourth-order valence-corrected chi connectivity index (χ4v) is 3.77. The molecule has 142 valence electrons. The number of pyridine rings is 1. The summed E-state index contributed by atoms with van der Waals surface area (Å²) in [4.78, 5) is 4.18. The van der Waals surface area contributed by atoms with Crippen molar-refractivity contribution >= 4 is 34.6 Å². The van der Waals surface area contributed by atoms with E-state index in [0.717, 1.165) is 22.7 Å². The third kappa shape index (κ3) is 5.12. The molecule has 0 N–H and O–H groups in total. The van der Waals surface area contributed by atoms with Crippen LogP contribution in [0, 0.1) is 0 Å². The molecule has 4 aromatic rings. The van der Waals surface area contributed by atoms with Gasteiger partial charge in [0.15, 0.2) is 0 Å². The van der Waals surface area contributed by atoms with Crippen LogP contribution in [0.25, 0.3) is 16.6 Å². The quantitative estimate of drug-likeness (QED) is 0.383. The van der Waals surface area contributed by atoms with Gasteiger partial charge >= 0.3 is 0 Å². The summed E-state index contributed by atoms with van der Waals surface area (Å²) in [6.07, 6.45) is 3.71. The van der Waals surface area contributed by atoms with Crippen LogP contribution >= 0.6 is 11.8 Å². The van der Waals surface area contributed by atoms with Crippen LogP contribution in [0.3, 0.4) is 0 Å². The fourth-order valence-electron chi connectivity index (χ4n) is 2.93. The number of fused-ring (bicyclic) bond motifs is 1. The molecule has 1 aliphatic rings.